The number of halogens is 1. The van der Waals surface area contributed by atoms with E-state index in [9.17, 15) is 5.11 Å². The van der Waals surface area contributed by atoms with E-state index in [-0.39, 0.29) is 12.1 Å². The van der Waals surface area contributed by atoms with Crippen LogP contribution in [0, 0.1) is 0 Å². The van der Waals surface area contributed by atoms with Gasteiger partial charge in [0.05, 0.1) is 12.1 Å². The minimum atomic E-state index is -0.316. The van der Waals surface area contributed by atoms with E-state index in [2.05, 4.69) is 40.3 Å². The molecular formula is C17H20BrNO. The summed E-state index contributed by atoms with van der Waals surface area (Å²) in [6.45, 7) is 2.16. The number of rotatable bonds is 6. The van der Waals surface area contributed by atoms with Gasteiger partial charge < -0.3 is 10.4 Å². The fourth-order valence-electron chi connectivity index (χ4n) is 2.13. The van der Waals surface area contributed by atoms with E-state index in [1.165, 1.54) is 5.56 Å². The minimum absolute atomic E-state index is 0.107. The van der Waals surface area contributed by atoms with Crippen molar-refractivity contribution in [3.63, 3.8) is 0 Å². The molecule has 0 fully saturated rings. The lowest BCUT2D eigenvalue weighted by atomic mass is 9.93. The maximum absolute atomic E-state index is 9.71. The molecule has 2 nitrogen and oxygen atoms in total. The molecule has 2 aromatic rings. The Labute approximate surface area is 129 Å². The number of nitrogens with one attached hydrogen (secondary N) is 1. The first-order valence-corrected chi connectivity index (χ1v) is 7.59. The van der Waals surface area contributed by atoms with Gasteiger partial charge >= 0.3 is 0 Å². The van der Waals surface area contributed by atoms with Gasteiger partial charge in [-0.3, -0.25) is 0 Å². The van der Waals surface area contributed by atoms with Crippen molar-refractivity contribution in [2.75, 3.05) is 11.9 Å². The van der Waals surface area contributed by atoms with Crippen LogP contribution in [0.3, 0.4) is 0 Å². The molecule has 3 heteroatoms. The van der Waals surface area contributed by atoms with Gasteiger partial charge in [-0.05, 0) is 49.6 Å². The zero-order chi connectivity index (χ0) is 14.4. The molecule has 106 valence electrons. The highest BCUT2D eigenvalue weighted by Crippen LogP contribution is 2.22. The standard InChI is InChI=1S/C17H20BrNO/c1-17(13-20,12-11-14-5-3-2-4-6-14)19-16-9-7-15(18)8-10-16/h2-10,19-20H,11-13H2,1H3. The number of anilines is 1. The van der Waals surface area contributed by atoms with Crippen molar-refractivity contribution in [3.05, 3.63) is 64.6 Å². The molecule has 0 saturated carbocycles. The summed E-state index contributed by atoms with van der Waals surface area (Å²) in [4.78, 5) is 0. The molecule has 0 amide bonds. The number of benzene rings is 2. The molecule has 0 aliphatic rings. The van der Waals surface area contributed by atoms with Crippen LogP contribution in [0.15, 0.2) is 59.1 Å². The van der Waals surface area contributed by atoms with Gasteiger partial charge in [-0.1, -0.05) is 46.3 Å². The second kappa shape index (κ2) is 6.91. The van der Waals surface area contributed by atoms with Crippen LogP contribution in [-0.2, 0) is 6.42 Å². The Morgan fingerprint density at radius 1 is 1.05 bits per heavy atom. The molecule has 20 heavy (non-hydrogen) atoms. The first-order chi connectivity index (χ1) is 9.61. The van der Waals surface area contributed by atoms with Gasteiger partial charge in [-0.25, -0.2) is 0 Å². The lowest BCUT2D eigenvalue weighted by Crippen LogP contribution is -2.39. The first kappa shape index (κ1) is 15.1. The Morgan fingerprint density at radius 3 is 2.30 bits per heavy atom. The van der Waals surface area contributed by atoms with Crippen LogP contribution in [0.5, 0.6) is 0 Å². The molecule has 1 unspecified atom stereocenters. The molecule has 0 spiro atoms. The Hall–Kier alpha value is -1.32. The molecule has 0 aliphatic heterocycles. The smallest absolute Gasteiger partial charge is 0.0658 e. The van der Waals surface area contributed by atoms with Gasteiger partial charge in [0.2, 0.25) is 0 Å². The van der Waals surface area contributed by atoms with E-state index in [1.807, 2.05) is 42.5 Å². The van der Waals surface area contributed by atoms with Crippen molar-refractivity contribution in [3.8, 4) is 0 Å². The van der Waals surface area contributed by atoms with Gasteiger partial charge in [-0.2, -0.15) is 0 Å². The molecule has 1 atom stereocenters. The summed E-state index contributed by atoms with van der Waals surface area (Å²) in [5.41, 5.74) is 2.01. The number of hydrogen-bond acceptors (Lipinski definition) is 2. The average molecular weight is 334 g/mol. The minimum Gasteiger partial charge on any atom is -0.394 e. The number of hydrogen-bond donors (Lipinski definition) is 2. The molecule has 0 radical (unpaired) electrons. The number of aliphatic hydroxyl groups excluding tert-OH is 1. The summed E-state index contributed by atoms with van der Waals surface area (Å²) in [5, 5.41) is 13.1. The van der Waals surface area contributed by atoms with E-state index >= 15 is 0 Å². The van der Waals surface area contributed by atoms with Crippen LogP contribution < -0.4 is 5.32 Å². The van der Waals surface area contributed by atoms with Gasteiger partial charge in [0.25, 0.3) is 0 Å². The van der Waals surface area contributed by atoms with E-state index < -0.39 is 0 Å². The monoisotopic (exact) mass is 333 g/mol. The third-order valence-corrected chi connectivity index (χ3v) is 3.98. The van der Waals surface area contributed by atoms with Gasteiger partial charge in [0.1, 0.15) is 0 Å². The summed E-state index contributed by atoms with van der Waals surface area (Å²) in [5.74, 6) is 0. The fourth-order valence-corrected chi connectivity index (χ4v) is 2.39. The largest absolute Gasteiger partial charge is 0.394 e. The third kappa shape index (κ3) is 4.36. The topological polar surface area (TPSA) is 32.3 Å². The predicted octanol–water partition coefficient (Wildman–Crippen LogP) is 4.24. The summed E-state index contributed by atoms with van der Waals surface area (Å²) in [7, 11) is 0. The molecule has 2 aromatic carbocycles. The summed E-state index contributed by atoms with van der Waals surface area (Å²) < 4.78 is 1.05. The Morgan fingerprint density at radius 2 is 1.70 bits per heavy atom. The number of aliphatic hydroxyl groups is 1. The first-order valence-electron chi connectivity index (χ1n) is 6.80. The van der Waals surface area contributed by atoms with Crippen LogP contribution in [0.2, 0.25) is 0 Å². The third-order valence-electron chi connectivity index (χ3n) is 3.45. The molecule has 0 bridgehead atoms. The number of aryl methyl sites for hydroxylation is 1. The van der Waals surface area contributed by atoms with Crippen LogP contribution >= 0.6 is 15.9 Å². The maximum atomic E-state index is 9.71. The molecular weight excluding hydrogens is 314 g/mol. The van der Waals surface area contributed by atoms with Crippen molar-refractivity contribution in [1.29, 1.82) is 0 Å². The van der Waals surface area contributed by atoms with Crippen LogP contribution in [0.25, 0.3) is 0 Å². The molecule has 2 N–H and O–H groups in total. The lowest BCUT2D eigenvalue weighted by molar-refractivity contribution is 0.215. The van der Waals surface area contributed by atoms with Crippen molar-refractivity contribution < 1.29 is 5.11 Å². The Balaban J connectivity index is 1.99. The van der Waals surface area contributed by atoms with E-state index in [0.717, 1.165) is 23.0 Å². The van der Waals surface area contributed by atoms with Crippen molar-refractivity contribution in [1.82, 2.24) is 0 Å². The lowest BCUT2D eigenvalue weighted by Gasteiger charge is -2.30. The summed E-state index contributed by atoms with van der Waals surface area (Å²) in [6.07, 6.45) is 1.82. The van der Waals surface area contributed by atoms with Crippen molar-refractivity contribution in [2.45, 2.75) is 25.3 Å². The summed E-state index contributed by atoms with van der Waals surface area (Å²) >= 11 is 3.43. The maximum Gasteiger partial charge on any atom is 0.0658 e. The highest BCUT2D eigenvalue weighted by atomic mass is 79.9. The Bertz CT molecular complexity index is 526. The molecule has 0 heterocycles. The van der Waals surface area contributed by atoms with E-state index in [0.29, 0.717) is 0 Å². The predicted molar refractivity (Wildman–Crippen MR) is 88.0 cm³/mol. The van der Waals surface area contributed by atoms with Crippen molar-refractivity contribution >= 4 is 21.6 Å². The quantitative estimate of drug-likeness (QED) is 0.828. The van der Waals surface area contributed by atoms with E-state index in [1.54, 1.807) is 0 Å². The van der Waals surface area contributed by atoms with Crippen LogP contribution in [0.4, 0.5) is 5.69 Å². The average Bonchev–Trinajstić information content (AvgIpc) is 2.49. The van der Waals surface area contributed by atoms with Gasteiger partial charge in [-0.15, -0.1) is 0 Å². The SMILES string of the molecule is CC(CO)(CCc1ccccc1)Nc1ccc(Br)cc1. The Kier molecular flexibility index (Phi) is 5.21. The molecule has 0 aliphatic carbocycles. The highest BCUT2D eigenvalue weighted by Gasteiger charge is 2.22. The molecule has 0 saturated heterocycles. The van der Waals surface area contributed by atoms with Crippen LogP contribution in [-0.4, -0.2) is 17.3 Å². The highest BCUT2D eigenvalue weighted by molar-refractivity contribution is 9.10. The van der Waals surface area contributed by atoms with E-state index in [4.69, 9.17) is 0 Å². The van der Waals surface area contributed by atoms with Crippen molar-refractivity contribution in [2.24, 2.45) is 0 Å². The molecule has 2 rings (SSSR count). The molecule has 0 aromatic heterocycles. The zero-order valence-corrected chi connectivity index (χ0v) is 13.2. The van der Waals surface area contributed by atoms with Gasteiger partial charge in [0.15, 0.2) is 0 Å². The summed E-state index contributed by atoms with van der Waals surface area (Å²) in [6, 6.07) is 18.4. The zero-order valence-electron chi connectivity index (χ0n) is 11.6. The van der Waals surface area contributed by atoms with Gasteiger partial charge in [0, 0.05) is 10.2 Å². The fraction of sp³-hybridized carbons (Fsp3) is 0.294. The normalized spacial score (nSPS) is 13.8. The second-order valence-corrected chi connectivity index (χ2v) is 6.25. The second-order valence-electron chi connectivity index (χ2n) is 5.34. The van der Waals surface area contributed by atoms with Crippen LogP contribution in [0.1, 0.15) is 18.9 Å².